The van der Waals surface area contributed by atoms with Crippen LogP contribution in [0.4, 0.5) is 0 Å². The lowest BCUT2D eigenvalue weighted by atomic mass is 9.86. The van der Waals surface area contributed by atoms with Gasteiger partial charge in [-0.2, -0.15) is 0 Å². The molecule has 0 spiro atoms. The van der Waals surface area contributed by atoms with Crippen molar-refractivity contribution in [3.8, 4) is 0 Å². The zero-order valence-electron chi connectivity index (χ0n) is 12.6. The fourth-order valence-corrected chi connectivity index (χ4v) is 2.84. The molecule has 1 saturated carbocycles. The number of carbonyl (C=O) groups is 1. The van der Waals surface area contributed by atoms with Crippen LogP contribution in [0, 0.1) is 5.92 Å². The van der Waals surface area contributed by atoms with E-state index < -0.39 is 0 Å². The van der Waals surface area contributed by atoms with Crippen molar-refractivity contribution >= 4 is 11.7 Å². The highest BCUT2D eigenvalue weighted by atomic mass is 16.4. The number of hydrogen-bond donors (Lipinski definition) is 2. The largest absolute Gasteiger partial charge is 0.409 e. The van der Waals surface area contributed by atoms with Crippen LogP contribution < -0.4 is 5.73 Å². The summed E-state index contributed by atoms with van der Waals surface area (Å²) in [6.45, 7) is 2.27. The van der Waals surface area contributed by atoms with Crippen LogP contribution in [0.1, 0.15) is 48.5 Å². The Morgan fingerprint density at radius 3 is 2.24 bits per heavy atom. The summed E-state index contributed by atoms with van der Waals surface area (Å²) in [5, 5.41) is 11.6. The molecular formula is C16H23N3O2. The van der Waals surface area contributed by atoms with Crippen LogP contribution in [0.2, 0.25) is 0 Å². The molecule has 114 valence electrons. The molecule has 0 radical (unpaired) electrons. The molecule has 5 heteroatoms. The maximum absolute atomic E-state index is 12.5. The lowest BCUT2D eigenvalue weighted by Crippen LogP contribution is -2.39. The first-order chi connectivity index (χ1) is 10.0. The van der Waals surface area contributed by atoms with Crippen molar-refractivity contribution in [1.29, 1.82) is 0 Å². The summed E-state index contributed by atoms with van der Waals surface area (Å²) in [7, 11) is 1.88. The molecular weight excluding hydrogens is 266 g/mol. The van der Waals surface area contributed by atoms with Crippen molar-refractivity contribution in [2.75, 3.05) is 7.05 Å². The first-order valence-electron chi connectivity index (χ1n) is 7.38. The Hall–Kier alpha value is -2.04. The van der Waals surface area contributed by atoms with Crippen molar-refractivity contribution in [3.05, 3.63) is 35.4 Å². The van der Waals surface area contributed by atoms with Gasteiger partial charge < -0.3 is 15.8 Å². The van der Waals surface area contributed by atoms with Crippen LogP contribution in [-0.4, -0.2) is 34.9 Å². The monoisotopic (exact) mass is 289 g/mol. The first-order valence-corrected chi connectivity index (χ1v) is 7.38. The molecule has 1 aliphatic carbocycles. The summed E-state index contributed by atoms with van der Waals surface area (Å²) in [6, 6.07) is 7.16. The van der Waals surface area contributed by atoms with Gasteiger partial charge >= 0.3 is 0 Å². The van der Waals surface area contributed by atoms with Gasteiger partial charge in [0.15, 0.2) is 5.84 Å². The van der Waals surface area contributed by atoms with E-state index in [4.69, 9.17) is 10.9 Å². The van der Waals surface area contributed by atoms with Gasteiger partial charge in [0, 0.05) is 24.2 Å². The zero-order valence-corrected chi connectivity index (χ0v) is 12.6. The Balaban J connectivity index is 2.05. The molecule has 5 nitrogen and oxygen atoms in total. The minimum absolute atomic E-state index is 0.0283. The molecule has 0 atom stereocenters. The van der Waals surface area contributed by atoms with Crippen LogP contribution in [0.25, 0.3) is 0 Å². The Labute approximate surface area is 125 Å². The molecule has 0 unspecified atom stereocenters. The number of amides is 1. The Morgan fingerprint density at radius 1 is 1.19 bits per heavy atom. The van der Waals surface area contributed by atoms with Crippen LogP contribution in [0.5, 0.6) is 0 Å². The van der Waals surface area contributed by atoms with Crippen LogP contribution in [-0.2, 0) is 0 Å². The van der Waals surface area contributed by atoms with E-state index in [1.807, 2.05) is 11.9 Å². The average molecular weight is 289 g/mol. The van der Waals surface area contributed by atoms with Gasteiger partial charge in [0.1, 0.15) is 0 Å². The summed E-state index contributed by atoms with van der Waals surface area (Å²) in [5.74, 6) is 0.842. The second-order valence-electron chi connectivity index (χ2n) is 5.89. The topological polar surface area (TPSA) is 78.9 Å². The molecule has 2 rings (SSSR count). The van der Waals surface area contributed by atoms with Crippen molar-refractivity contribution in [2.45, 2.75) is 38.6 Å². The number of hydrogen-bond acceptors (Lipinski definition) is 3. The summed E-state index contributed by atoms with van der Waals surface area (Å²) in [4.78, 5) is 14.3. The van der Waals surface area contributed by atoms with Gasteiger partial charge in [-0.05, 0) is 43.7 Å². The number of nitrogens with zero attached hydrogens (tertiary/aromatic N) is 2. The van der Waals surface area contributed by atoms with Gasteiger partial charge in [0.25, 0.3) is 5.91 Å². The lowest BCUT2D eigenvalue weighted by molar-refractivity contribution is 0.0679. The van der Waals surface area contributed by atoms with Gasteiger partial charge in [0.05, 0.1) is 0 Å². The first kappa shape index (κ1) is 15.4. The van der Waals surface area contributed by atoms with E-state index in [1.165, 1.54) is 12.8 Å². The van der Waals surface area contributed by atoms with E-state index in [1.54, 1.807) is 24.3 Å². The molecule has 1 fully saturated rings. The number of carbonyl (C=O) groups excluding carboxylic acids is 1. The predicted molar refractivity (Wildman–Crippen MR) is 82.5 cm³/mol. The van der Waals surface area contributed by atoms with Gasteiger partial charge in [0.2, 0.25) is 0 Å². The third-order valence-electron chi connectivity index (χ3n) is 4.39. The molecule has 0 aromatic heterocycles. The highest BCUT2D eigenvalue weighted by Crippen LogP contribution is 2.27. The average Bonchev–Trinajstić information content (AvgIpc) is 2.53. The van der Waals surface area contributed by atoms with Crippen molar-refractivity contribution in [1.82, 2.24) is 4.90 Å². The molecule has 1 amide bonds. The van der Waals surface area contributed by atoms with E-state index in [9.17, 15) is 4.79 Å². The molecule has 1 aromatic carbocycles. The minimum atomic E-state index is 0.0283. The van der Waals surface area contributed by atoms with Gasteiger partial charge in [-0.1, -0.05) is 24.2 Å². The summed E-state index contributed by atoms with van der Waals surface area (Å²) >= 11 is 0. The molecule has 21 heavy (non-hydrogen) atoms. The Kier molecular flexibility index (Phi) is 4.83. The van der Waals surface area contributed by atoms with E-state index in [-0.39, 0.29) is 11.7 Å². The van der Waals surface area contributed by atoms with Crippen LogP contribution >= 0.6 is 0 Å². The van der Waals surface area contributed by atoms with E-state index in [0.29, 0.717) is 17.2 Å². The molecule has 0 saturated heterocycles. The predicted octanol–water partition coefficient (Wildman–Crippen LogP) is 2.43. The minimum Gasteiger partial charge on any atom is -0.409 e. The highest BCUT2D eigenvalue weighted by molar-refractivity contribution is 5.99. The van der Waals surface area contributed by atoms with Gasteiger partial charge in [-0.3, -0.25) is 4.79 Å². The summed E-state index contributed by atoms with van der Waals surface area (Å²) < 4.78 is 0. The lowest BCUT2D eigenvalue weighted by Gasteiger charge is -2.33. The van der Waals surface area contributed by atoms with E-state index in [0.717, 1.165) is 18.8 Å². The molecule has 1 aromatic rings. The highest BCUT2D eigenvalue weighted by Gasteiger charge is 2.25. The number of nitrogens with two attached hydrogens (primary N) is 1. The van der Waals surface area contributed by atoms with E-state index in [2.05, 4.69) is 12.1 Å². The normalized spacial score (nSPS) is 22.9. The van der Waals surface area contributed by atoms with Crippen molar-refractivity contribution < 1.29 is 10.0 Å². The second kappa shape index (κ2) is 6.61. The van der Waals surface area contributed by atoms with Gasteiger partial charge in [-0.15, -0.1) is 0 Å². The fourth-order valence-electron chi connectivity index (χ4n) is 2.84. The van der Waals surface area contributed by atoms with Crippen LogP contribution in [0.3, 0.4) is 0 Å². The third kappa shape index (κ3) is 3.54. The Morgan fingerprint density at radius 2 is 1.71 bits per heavy atom. The maximum Gasteiger partial charge on any atom is 0.253 e. The summed E-state index contributed by atoms with van der Waals surface area (Å²) in [5.41, 5.74) is 6.75. The number of rotatable bonds is 3. The second-order valence-corrected chi connectivity index (χ2v) is 5.89. The molecule has 3 N–H and O–H groups in total. The molecule has 0 bridgehead atoms. The Bertz CT molecular complexity index is 517. The molecule has 0 heterocycles. The number of oxime groups is 1. The SMILES string of the molecule is CC1CCC(N(C)C(=O)c2ccc(C(N)=NO)cc2)CC1. The molecule has 0 aliphatic heterocycles. The van der Waals surface area contributed by atoms with Crippen molar-refractivity contribution in [3.63, 3.8) is 0 Å². The van der Waals surface area contributed by atoms with Crippen LogP contribution in [0.15, 0.2) is 29.4 Å². The molecule has 1 aliphatic rings. The number of benzene rings is 1. The maximum atomic E-state index is 12.5. The zero-order chi connectivity index (χ0) is 15.4. The fraction of sp³-hybridized carbons (Fsp3) is 0.500. The van der Waals surface area contributed by atoms with Crippen molar-refractivity contribution in [2.24, 2.45) is 16.8 Å². The summed E-state index contributed by atoms with van der Waals surface area (Å²) in [6.07, 6.45) is 4.52. The quantitative estimate of drug-likeness (QED) is 0.388. The van der Waals surface area contributed by atoms with E-state index >= 15 is 0 Å². The number of amidine groups is 1. The third-order valence-corrected chi connectivity index (χ3v) is 4.39. The standard InChI is InChI=1S/C16H23N3O2/c1-11-3-9-14(10-4-11)19(2)16(20)13-7-5-12(6-8-13)15(17)18-21/h5-8,11,14,21H,3-4,9-10H2,1-2H3,(H2,17,18). The van der Waals surface area contributed by atoms with Gasteiger partial charge in [-0.25, -0.2) is 0 Å². The smallest absolute Gasteiger partial charge is 0.253 e.